The lowest BCUT2D eigenvalue weighted by molar-refractivity contribution is 0.587. The van der Waals surface area contributed by atoms with E-state index in [1.165, 1.54) is 17.4 Å². The second-order valence-corrected chi connectivity index (χ2v) is 5.01. The van der Waals surface area contributed by atoms with Crippen LogP contribution in [0.1, 0.15) is 5.82 Å². The Labute approximate surface area is 116 Å². The van der Waals surface area contributed by atoms with Crippen LogP contribution in [0.3, 0.4) is 0 Å². The highest BCUT2D eigenvalue weighted by molar-refractivity contribution is 7.17. The van der Waals surface area contributed by atoms with Crippen molar-refractivity contribution >= 4 is 27.2 Å². The summed E-state index contributed by atoms with van der Waals surface area (Å²) in [4.78, 5) is 18.5. The van der Waals surface area contributed by atoms with E-state index < -0.39 is 11.6 Å². The molecule has 0 aliphatic rings. The average molecular weight is 293 g/mol. The summed E-state index contributed by atoms with van der Waals surface area (Å²) in [6.07, 6.45) is 0. The highest BCUT2D eigenvalue weighted by atomic mass is 32.1. The fourth-order valence-corrected chi connectivity index (χ4v) is 2.57. The van der Waals surface area contributed by atoms with Gasteiger partial charge in [0.1, 0.15) is 27.8 Å². The third-order valence-corrected chi connectivity index (χ3v) is 3.66. The number of thiophene rings is 1. The molecule has 2 aromatic heterocycles. The maximum Gasteiger partial charge on any atom is 0.268 e. The van der Waals surface area contributed by atoms with Crippen LogP contribution in [0.25, 0.3) is 10.2 Å². The Bertz CT molecular complexity index is 808. The van der Waals surface area contributed by atoms with E-state index in [2.05, 4.69) is 15.3 Å². The zero-order valence-corrected chi connectivity index (χ0v) is 10.9. The predicted molar refractivity (Wildman–Crippen MR) is 73.9 cm³/mol. The standard InChI is InChI=1S/C13H9F2N3OS/c14-7-2-1-3-8(15)11(7)16-6-10-17-9-4-5-20-12(9)13(19)18-10/h1-5,16H,6H2,(H,17,18,19). The van der Waals surface area contributed by atoms with Gasteiger partial charge in [0.05, 0.1) is 12.1 Å². The molecule has 20 heavy (non-hydrogen) atoms. The summed E-state index contributed by atoms with van der Waals surface area (Å²) in [5.41, 5.74) is 0.0842. The van der Waals surface area contributed by atoms with Gasteiger partial charge in [-0.05, 0) is 23.6 Å². The first-order chi connectivity index (χ1) is 9.65. The Morgan fingerprint density at radius 3 is 2.75 bits per heavy atom. The van der Waals surface area contributed by atoms with Gasteiger partial charge in [-0.15, -0.1) is 11.3 Å². The SMILES string of the molecule is O=c1[nH]c(CNc2c(F)cccc2F)nc2ccsc12. The summed E-state index contributed by atoms with van der Waals surface area (Å²) in [5.74, 6) is -1.06. The smallest absolute Gasteiger partial charge is 0.268 e. The monoisotopic (exact) mass is 293 g/mol. The summed E-state index contributed by atoms with van der Waals surface area (Å²) in [6.45, 7) is 0.0267. The number of halogens is 2. The zero-order chi connectivity index (χ0) is 14.1. The normalized spacial score (nSPS) is 10.9. The zero-order valence-electron chi connectivity index (χ0n) is 10.1. The molecule has 0 unspecified atom stereocenters. The van der Waals surface area contributed by atoms with Gasteiger partial charge in [0.15, 0.2) is 0 Å². The second-order valence-electron chi connectivity index (χ2n) is 4.10. The van der Waals surface area contributed by atoms with Crippen molar-refractivity contribution in [2.75, 3.05) is 5.32 Å². The molecular weight excluding hydrogens is 284 g/mol. The summed E-state index contributed by atoms with van der Waals surface area (Å²) in [6, 6.07) is 5.32. The van der Waals surface area contributed by atoms with E-state index in [0.717, 1.165) is 12.1 Å². The molecule has 7 heteroatoms. The molecule has 0 amide bonds. The Morgan fingerprint density at radius 2 is 2.00 bits per heavy atom. The Kier molecular flexibility index (Phi) is 3.19. The number of fused-ring (bicyclic) bond motifs is 1. The summed E-state index contributed by atoms with van der Waals surface area (Å²) in [7, 11) is 0. The third kappa shape index (κ3) is 2.27. The lowest BCUT2D eigenvalue weighted by Crippen LogP contribution is -2.14. The number of para-hydroxylation sites is 1. The van der Waals surface area contributed by atoms with Crippen LogP contribution in [-0.4, -0.2) is 9.97 Å². The number of rotatable bonds is 3. The summed E-state index contributed by atoms with van der Waals surface area (Å²) >= 11 is 1.30. The van der Waals surface area contributed by atoms with E-state index in [1.54, 1.807) is 11.4 Å². The molecule has 0 spiro atoms. The van der Waals surface area contributed by atoms with Gasteiger partial charge in [-0.2, -0.15) is 0 Å². The third-order valence-electron chi connectivity index (χ3n) is 2.76. The maximum atomic E-state index is 13.4. The molecule has 102 valence electrons. The van der Waals surface area contributed by atoms with Gasteiger partial charge in [-0.25, -0.2) is 13.8 Å². The Hall–Kier alpha value is -2.28. The van der Waals surface area contributed by atoms with Crippen LogP contribution < -0.4 is 10.9 Å². The Balaban J connectivity index is 1.88. The topological polar surface area (TPSA) is 57.8 Å². The van der Waals surface area contributed by atoms with Crippen molar-refractivity contribution in [3.05, 3.63) is 57.5 Å². The van der Waals surface area contributed by atoms with Crippen LogP contribution in [-0.2, 0) is 6.54 Å². The van der Waals surface area contributed by atoms with E-state index in [1.807, 2.05) is 0 Å². The van der Waals surface area contributed by atoms with Crippen molar-refractivity contribution in [2.45, 2.75) is 6.54 Å². The maximum absolute atomic E-state index is 13.4. The van der Waals surface area contributed by atoms with Crippen LogP contribution in [0.2, 0.25) is 0 Å². The van der Waals surface area contributed by atoms with Crippen molar-refractivity contribution in [1.82, 2.24) is 9.97 Å². The van der Waals surface area contributed by atoms with Crippen LogP contribution >= 0.6 is 11.3 Å². The fourth-order valence-electron chi connectivity index (χ4n) is 1.84. The largest absolute Gasteiger partial charge is 0.373 e. The van der Waals surface area contributed by atoms with Crippen molar-refractivity contribution < 1.29 is 8.78 Å². The highest BCUT2D eigenvalue weighted by Gasteiger charge is 2.09. The van der Waals surface area contributed by atoms with E-state index in [4.69, 9.17) is 0 Å². The van der Waals surface area contributed by atoms with Crippen LogP contribution in [0, 0.1) is 11.6 Å². The van der Waals surface area contributed by atoms with E-state index in [-0.39, 0.29) is 17.8 Å². The van der Waals surface area contributed by atoms with Crippen LogP contribution in [0.15, 0.2) is 34.4 Å². The Morgan fingerprint density at radius 1 is 1.25 bits per heavy atom. The second kappa shape index (κ2) is 5.01. The molecule has 0 saturated carbocycles. The first-order valence-electron chi connectivity index (χ1n) is 5.79. The number of nitrogens with one attached hydrogen (secondary N) is 2. The fraction of sp³-hybridized carbons (Fsp3) is 0.0769. The lowest BCUT2D eigenvalue weighted by atomic mass is 10.3. The minimum absolute atomic E-state index is 0.0267. The van der Waals surface area contributed by atoms with Gasteiger partial charge in [-0.1, -0.05) is 6.07 Å². The molecule has 0 saturated heterocycles. The number of aromatic nitrogens is 2. The molecule has 0 fully saturated rings. The molecule has 3 rings (SSSR count). The number of hydrogen-bond donors (Lipinski definition) is 2. The van der Waals surface area contributed by atoms with Crippen LogP contribution in [0.5, 0.6) is 0 Å². The van der Waals surface area contributed by atoms with Crippen molar-refractivity contribution in [3.8, 4) is 0 Å². The molecule has 0 aliphatic carbocycles. The number of aromatic amines is 1. The van der Waals surface area contributed by atoms with Gasteiger partial charge in [0, 0.05) is 0 Å². The van der Waals surface area contributed by atoms with E-state index in [9.17, 15) is 13.6 Å². The molecule has 0 radical (unpaired) electrons. The van der Waals surface area contributed by atoms with Gasteiger partial charge < -0.3 is 10.3 Å². The first-order valence-corrected chi connectivity index (χ1v) is 6.67. The number of benzene rings is 1. The molecule has 0 bridgehead atoms. The predicted octanol–water partition coefficient (Wildman–Crippen LogP) is 2.87. The van der Waals surface area contributed by atoms with Crippen LogP contribution in [0.4, 0.5) is 14.5 Å². The van der Waals surface area contributed by atoms with Crippen molar-refractivity contribution in [2.24, 2.45) is 0 Å². The van der Waals surface area contributed by atoms with Gasteiger partial charge in [-0.3, -0.25) is 4.79 Å². The molecule has 0 atom stereocenters. The average Bonchev–Trinajstić information content (AvgIpc) is 2.87. The van der Waals surface area contributed by atoms with E-state index >= 15 is 0 Å². The van der Waals surface area contributed by atoms with Gasteiger partial charge in [0.2, 0.25) is 0 Å². The molecule has 0 aliphatic heterocycles. The number of hydrogen-bond acceptors (Lipinski definition) is 4. The minimum atomic E-state index is -0.691. The minimum Gasteiger partial charge on any atom is -0.373 e. The molecule has 1 aromatic carbocycles. The van der Waals surface area contributed by atoms with Gasteiger partial charge in [0.25, 0.3) is 5.56 Å². The molecule has 3 aromatic rings. The first kappa shape index (κ1) is 12.7. The van der Waals surface area contributed by atoms with Crippen molar-refractivity contribution in [1.29, 1.82) is 0 Å². The highest BCUT2D eigenvalue weighted by Crippen LogP contribution is 2.19. The summed E-state index contributed by atoms with van der Waals surface area (Å²) in [5, 5.41) is 4.37. The molecule has 2 N–H and O–H groups in total. The number of H-pyrrole nitrogens is 1. The summed E-state index contributed by atoms with van der Waals surface area (Å²) < 4.78 is 27.4. The molecule has 4 nitrogen and oxygen atoms in total. The lowest BCUT2D eigenvalue weighted by Gasteiger charge is -2.08. The molecular formula is C13H9F2N3OS. The molecule has 2 heterocycles. The quantitative estimate of drug-likeness (QED) is 0.780. The number of anilines is 1. The van der Waals surface area contributed by atoms with Gasteiger partial charge >= 0.3 is 0 Å². The van der Waals surface area contributed by atoms with E-state index in [0.29, 0.717) is 16.0 Å². The van der Waals surface area contributed by atoms with Crippen molar-refractivity contribution in [3.63, 3.8) is 0 Å². The number of nitrogens with zero attached hydrogens (tertiary/aromatic N) is 1.